The molecule has 3 nitrogen and oxygen atoms in total. The van der Waals surface area contributed by atoms with Gasteiger partial charge >= 0.3 is 6.18 Å². The Bertz CT molecular complexity index is 477. The number of nitrogens with one attached hydrogen (secondary N) is 1. The van der Waals surface area contributed by atoms with Crippen molar-refractivity contribution >= 4 is 23.4 Å². The highest BCUT2D eigenvalue weighted by atomic mass is 32.2. The Morgan fingerprint density at radius 1 is 1.45 bits per heavy atom. The molecule has 0 aliphatic rings. The second-order valence-electron chi connectivity index (χ2n) is 4.33. The summed E-state index contributed by atoms with van der Waals surface area (Å²) >= 11 is 1.57. The fourth-order valence-corrected chi connectivity index (χ4v) is 2.40. The van der Waals surface area contributed by atoms with Gasteiger partial charge in [-0.3, -0.25) is 4.79 Å². The molecule has 0 bridgehead atoms. The lowest BCUT2D eigenvalue weighted by Crippen LogP contribution is -2.36. The summed E-state index contributed by atoms with van der Waals surface area (Å²) in [5.41, 5.74) is 3.89. The fourth-order valence-electron chi connectivity index (χ4n) is 1.67. The molecule has 0 aliphatic heterocycles. The molecule has 20 heavy (non-hydrogen) atoms. The summed E-state index contributed by atoms with van der Waals surface area (Å²) in [4.78, 5) is 12.0. The summed E-state index contributed by atoms with van der Waals surface area (Å²) in [7, 11) is 0. The highest BCUT2D eigenvalue weighted by molar-refractivity contribution is 7.98. The lowest BCUT2D eigenvalue weighted by molar-refractivity contribution is -0.136. The van der Waals surface area contributed by atoms with Gasteiger partial charge in [-0.1, -0.05) is 6.92 Å². The quantitative estimate of drug-likeness (QED) is 0.822. The average molecular weight is 306 g/mol. The van der Waals surface area contributed by atoms with Crippen molar-refractivity contribution in [2.24, 2.45) is 0 Å². The molecule has 1 atom stereocenters. The van der Waals surface area contributed by atoms with Crippen LogP contribution in [0.25, 0.3) is 0 Å². The first kappa shape index (κ1) is 16.7. The van der Waals surface area contributed by atoms with Crippen molar-refractivity contribution in [1.82, 2.24) is 5.32 Å². The minimum atomic E-state index is -4.57. The minimum absolute atomic E-state index is 0.0360. The van der Waals surface area contributed by atoms with Gasteiger partial charge in [0.05, 0.1) is 5.56 Å². The molecule has 0 aromatic heterocycles. The van der Waals surface area contributed by atoms with Gasteiger partial charge in [0.25, 0.3) is 5.91 Å². The normalized spacial score (nSPS) is 13.1. The number of hydrogen-bond donors (Lipinski definition) is 2. The number of carbonyl (C=O) groups excluding carboxylic acids is 1. The molecule has 7 heteroatoms. The second kappa shape index (κ2) is 6.88. The largest absolute Gasteiger partial charge is 0.418 e. The lowest BCUT2D eigenvalue weighted by Gasteiger charge is -2.17. The van der Waals surface area contributed by atoms with Crippen LogP contribution in [0.15, 0.2) is 18.2 Å². The van der Waals surface area contributed by atoms with Gasteiger partial charge < -0.3 is 11.1 Å². The van der Waals surface area contributed by atoms with Crippen molar-refractivity contribution in [1.29, 1.82) is 0 Å². The summed E-state index contributed by atoms with van der Waals surface area (Å²) in [6, 6.07) is 3.12. The van der Waals surface area contributed by atoms with Crippen LogP contribution in [-0.4, -0.2) is 24.0 Å². The molecule has 1 aromatic carbocycles. The van der Waals surface area contributed by atoms with Gasteiger partial charge in [-0.05, 0) is 30.9 Å². The van der Waals surface area contributed by atoms with Crippen LogP contribution in [0.4, 0.5) is 18.9 Å². The maximum Gasteiger partial charge on any atom is 0.418 e. The third-order valence-electron chi connectivity index (χ3n) is 2.82. The van der Waals surface area contributed by atoms with E-state index in [4.69, 9.17) is 5.73 Å². The minimum Gasteiger partial charge on any atom is -0.398 e. The Balaban J connectivity index is 2.94. The summed E-state index contributed by atoms with van der Waals surface area (Å²) < 4.78 is 38.2. The molecule has 0 aliphatic carbocycles. The standard InChI is InChI=1S/C13H17F3N2OS/c1-3-9(7-20-2)18-12(19)8-4-5-11(17)10(6-8)13(14,15)16/h4-6,9H,3,7,17H2,1-2H3,(H,18,19). The molecule has 0 heterocycles. The van der Waals surface area contributed by atoms with E-state index in [0.29, 0.717) is 12.2 Å². The predicted octanol–water partition coefficient (Wildman–Crippen LogP) is 3.16. The smallest absolute Gasteiger partial charge is 0.398 e. The molecular weight excluding hydrogens is 289 g/mol. The van der Waals surface area contributed by atoms with E-state index in [9.17, 15) is 18.0 Å². The number of alkyl halides is 3. The third kappa shape index (κ3) is 4.33. The molecule has 0 fully saturated rings. The Morgan fingerprint density at radius 2 is 2.10 bits per heavy atom. The van der Waals surface area contributed by atoms with Gasteiger partial charge in [-0.2, -0.15) is 24.9 Å². The third-order valence-corrected chi connectivity index (χ3v) is 3.55. The Morgan fingerprint density at radius 3 is 2.60 bits per heavy atom. The number of benzene rings is 1. The van der Waals surface area contributed by atoms with E-state index in [1.807, 2.05) is 13.2 Å². The molecule has 0 saturated carbocycles. The van der Waals surface area contributed by atoms with Crippen molar-refractivity contribution in [2.75, 3.05) is 17.7 Å². The van der Waals surface area contributed by atoms with E-state index in [1.54, 1.807) is 11.8 Å². The Kier molecular flexibility index (Phi) is 5.74. The number of hydrogen-bond acceptors (Lipinski definition) is 3. The SMILES string of the molecule is CCC(CSC)NC(=O)c1ccc(N)c(C(F)(F)F)c1. The Hall–Kier alpha value is -1.37. The summed E-state index contributed by atoms with van der Waals surface area (Å²) in [5, 5.41) is 2.71. The molecule has 112 valence electrons. The van der Waals surface area contributed by atoms with Crippen LogP contribution in [0.5, 0.6) is 0 Å². The molecule has 0 saturated heterocycles. The van der Waals surface area contributed by atoms with Gasteiger partial charge in [0.15, 0.2) is 0 Å². The van der Waals surface area contributed by atoms with Crippen molar-refractivity contribution < 1.29 is 18.0 Å². The maximum absolute atomic E-state index is 12.7. The van der Waals surface area contributed by atoms with E-state index in [2.05, 4.69) is 5.32 Å². The highest BCUT2D eigenvalue weighted by Crippen LogP contribution is 2.34. The predicted molar refractivity (Wildman–Crippen MR) is 75.8 cm³/mol. The maximum atomic E-state index is 12.7. The highest BCUT2D eigenvalue weighted by Gasteiger charge is 2.33. The summed E-state index contributed by atoms with van der Waals surface area (Å²) in [6.45, 7) is 1.91. The molecule has 1 unspecified atom stereocenters. The lowest BCUT2D eigenvalue weighted by atomic mass is 10.1. The van der Waals surface area contributed by atoms with Crippen LogP contribution in [-0.2, 0) is 6.18 Å². The number of nitrogens with two attached hydrogens (primary N) is 1. The van der Waals surface area contributed by atoms with Gasteiger partial charge in [0, 0.05) is 23.0 Å². The number of thioether (sulfide) groups is 1. The van der Waals surface area contributed by atoms with Crippen molar-refractivity contribution in [3.8, 4) is 0 Å². The molecular formula is C13H17F3N2OS. The number of halogens is 3. The molecule has 0 spiro atoms. The number of nitrogen functional groups attached to an aromatic ring is 1. The first-order valence-corrected chi connectivity index (χ1v) is 7.45. The van der Waals surface area contributed by atoms with E-state index in [-0.39, 0.29) is 17.3 Å². The van der Waals surface area contributed by atoms with E-state index in [0.717, 1.165) is 12.1 Å². The number of amides is 1. The zero-order chi connectivity index (χ0) is 15.3. The molecule has 1 aromatic rings. The zero-order valence-electron chi connectivity index (χ0n) is 11.3. The van der Waals surface area contributed by atoms with E-state index < -0.39 is 17.6 Å². The first-order chi connectivity index (χ1) is 9.29. The van der Waals surface area contributed by atoms with E-state index in [1.165, 1.54) is 6.07 Å². The molecule has 3 N–H and O–H groups in total. The van der Waals surface area contributed by atoms with E-state index >= 15 is 0 Å². The van der Waals surface area contributed by atoms with Crippen molar-refractivity contribution in [3.05, 3.63) is 29.3 Å². The van der Waals surface area contributed by atoms with Crippen LogP contribution in [0.1, 0.15) is 29.3 Å². The summed E-state index contributed by atoms with van der Waals surface area (Å²) in [5.74, 6) is 0.194. The average Bonchev–Trinajstić information content (AvgIpc) is 2.37. The Labute approximate surface area is 120 Å². The summed E-state index contributed by atoms with van der Waals surface area (Å²) in [6.07, 6.45) is -1.95. The number of rotatable bonds is 5. The number of anilines is 1. The van der Waals surface area contributed by atoms with Gasteiger partial charge in [0.1, 0.15) is 0 Å². The molecule has 0 radical (unpaired) electrons. The van der Waals surface area contributed by atoms with Gasteiger partial charge in [-0.25, -0.2) is 0 Å². The first-order valence-electron chi connectivity index (χ1n) is 6.06. The monoisotopic (exact) mass is 306 g/mol. The topological polar surface area (TPSA) is 55.1 Å². The van der Waals surface area contributed by atoms with Crippen molar-refractivity contribution in [3.63, 3.8) is 0 Å². The molecule has 1 rings (SSSR count). The van der Waals surface area contributed by atoms with Gasteiger partial charge in [0.2, 0.25) is 0 Å². The van der Waals surface area contributed by atoms with Crippen LogP contribution in [0, 0.1) is 0 Å². The zero-order valence-corrected chi connectivity index (χ0v) is 12.1. The van der Waals surface area contributed by atoms with Crippen LogP contribution < -0.4 is 11.1 Å². The fraction of sp³-hybridized carbons (Fsp3) is 0.462. The molecule has 1 amide bonds. The second-order valence-corrected chi connectivity index (χ2v) is 5.24. The van der Waals surface area contributed by atoms with Crippen LogP contribution in [0.2, 0.25) is 0 Å². The van der Waals surface area contributed by atoms with Crippen LogP contribution in [0.3, 0.4) is 0 Å². The van der Waals surface area contributed by atoms with Crippen LogP contribution >= 0.6 is 11.8 Å². The van der Waals surface area contributed by atoms with Crippen molar-refractivity contribution in [2.45, 2.75) is 25.6 Å². The van der Waals surface area contributed by atoms with Gasteiger partial charge in [-0.15, -0.1) is 0 Å². The number of carbonyl (C=O) groups is 1.